The Hall–Kier alpha value is -0.170. The summed E-state index contributed by atoms with van der Waals surface area (Å²) in [4.78, 5) is 2.29. The summed E-state index contributed by atoms with van der Waals surface area (Å²) >= 11 is 0. The van der Waals surface area contributed by atoms with Crippen molar-refractivity contribution in [1.29, 1.82) is 0 Å². The summed E-state index contributed by atoms with van der Waals surface area (Å²) in [6.45, 7) is 5.47. The fraction of sp³-hybridized carbons (Fsp3) is 1.00. The van der Waals surface area contributed by atoms with Crippen molar-refractivity contribution in [2.24, 2.45) is 5.73 Å². The predicted octanol–water partition coefficient (Wildman–Crippen LogP) is 0.129. The summed E-state index contributed by atoms with van der Waals surface area (Å²) in [5, 5.41) is 0. The molecule has 0 aromatic heterocycles. The van der Waals surface area contributed by atoms with Crippen LogP contribution in [0.4, 0.5) is 0 Å². The van der Waals surface area contributed by atoms with E-state index in [1.54, 1.807) is 0 Å². The van der Waals surface area contributed by atoms with Crippen LogP contribution < -0.4 is 10.5 Å². The van der Waals surface area contributed by atoms with Gasteiger partial charge in [0.25, 0.3) is 0 Å². The van der Waals surface area contributed by atoms with Gasteiger partial charge in [0.05, 0.1) is 5.75 Å². The Labute approximate surface area is 105 Å². The van der Waals surface area contributed by atoms with Crippen molar-refractivity contribution in [1.82, 2.24) is 9.62 Å². The second-order valence-corrected chi connectivity index (χ2v) is 6.57. The summed E-state index contributed by atoms with van der Waals surface area (Å²) in [6, 6.07) is 0.117. The molecule has 0 atom stereocenters. The van der Waals surface area contributed by atoms with Crippen LogP contribution in [-0.2, 0) is 10.0 Å². The zero-order chi connectivity index (χ0) is 12.7. The summed E-state index contributed by atoms with van der Waals surface area (Å²) in [7, 11) is -3.07. The van der Waals surface area contributed by atoms with Gasteiger partial charge in [0, 0.05) is 19.1 Å². The molecular weight excluding hydrogens is 238 g/mol. The normalized spacial score (nSPS) is 19.6. The quantitative estimate of drug-likeness (QED) is 0.684. The van der Waals surface area contributed by atoms with Gasteiger partial charge in [0.15, 0.2) is 0 Å². The van der Waals surface area contributed by atoms with Crippen molar-refractivity contribution in [3.05, 3.63) is 0 Å². The van der Waals surface area contributed by atoms with Crippen LogP contribution in [0.5, 0.6) is 0 Å². The Kier molecular flexibility index (Phi) is 6.40. The lowest BCUT2D eigenvalue weighted by atomic mass is 10.1. The molecule has 0 aliphatic carbocycles. The molecule has 0 amide bonds. The maximum Gasteiger partial charge on any atom is 0.211 e. The van der Waals surface area contributed by atoms with Crippen molar-refractivity contribution in [3.8, 4) is 0 Å². The Morgan fingerprint density at radius 3 is 2.53 bits per heavy atom. The van der Waals surface area contributed by atoms with Gasteiger partial charge in [-0.3, -0.25) is 0 Å². The zero-order valence-electron chi connectivity index (χ0n) is 10.7. The number of hydrogen-bond acceptors (Lipinski definition) is 4. The van der Waals surface area contributed by atoms with Crippen molar-refractivity contribution in [3.63, 3.8) is 0 Å². The molecule has 0 bridgehead atoms. The van der Waals surface area contributed by atoms with Gasteiger partial charge < -0.3 is 10.6 Å². The first-order valence-electron chi connectivity index (χ1n) is 6.50. The molecule has 0 saturated carbocycles. The maximum absolute atomic E-state index is 11.7. The highest BCUT2D eigenvalue weighted by molar-refractivity contribution is 7.89. The van der Waals surface area contributed by atoms with E-state index >= 15 is 0 Å². The summed E-state index contributed by atoms with van der Waals surface area (Å²) in [6.07, 6.45) is 3.44. The van der Waals surface area contributed by atoms with E-state index in [2.05, 4.69) is 9.62 Å². The molecule has 1 aliphatic rings. The molecule has 0 aromatic rings. The average Bonchev–Trinajstić information content (AvgIpc) is 2.29. The van der Waals surface area contributed by atoms with Crippen LogP contribution >= 0.6 is 0 Å². The lowest BCUT2D eigenvalue weighted by Crippen LogP contribution is -2.46. The smallest absolute Gasteiger partial charge is 0.211 e. The first kappa shape index (κ1) is 14.9. The monoisotopic (exact) mass is 263 g/mol. The number of nitrogens with one attached hydrogen (secondary N) is 1. The molecule has 1 fully saturated rings. The maximum atomic E-state index is 11.7. The fourth-order valence-electron chi connectivity index (χ4n) is 2.10. The number of likely N-dealkylation sites (tertiary alicyclic amines) is 1. The molecule has 102 valence electrons. The van der Waals surface area contributed by atoms with E-state index in [0.29, 0.717) is 6.54 Å². The summed E-state index contributed by atoms with van der Waals surface area (Å²) in [5.74, 6) is 0.256. The van der Waals surface area contributed by atoms with Crippen molar-refractivity contribution in [2.45, 2.75) is 38.6 Å². The second kappa shape index (κ2) is 7.31. The van der Waals surface area contributed by atoms with E-state index in [4.69, 9.17) is 5.73 Å². The molecule has 0 unspecified atom stereocenters. The Balaban J connectivity index is 2.30. The van der Waals surface area contributed by atoms with Crippen LogP contribution in [-0.4, -0.2) is 51.3 Å². The largest absolute Gasteiger partial charge is 0.329 e. The molecule has 1 rings (SSSR count). The third-order valence-electron chi connectivity index (χ3n) is 3.15. The van der Waals surface area contributed by atoms with E-state index < -0.39 is 10.0 Å². The topological polar surface area (TPSA) is 75.4 Å². The van der Waals surface area contributed by atoms with E-state index in [1.807, 2.05) is 6.92 Å². The highest BCUT2D eigenvalue weighted by Crippen LogP contribution is 2.11. The number of sulfonamides is 1. The molecule has 0 aromatic carbocycles. The van der Waals surface area contributed by atoms with Crippen LogP contribution in [0.3, 0.4) is 0 Å². The van der Waals surface area contributed by atoms with Crippen molar-refractivity contribution < 1.29 is 8.42 Å². The number of piperidine rings is 1. The molecule has 1 heterocycles. The first-order valence-corrected chi connectivity index (χ1v) is 8.15. The van der Waals surface area contributed by atoms with E-state index in [9.17, 15) is 8.42 Å². The molecular formula is C11H25N3O2S. The molecule has 17 heavy (non-hydrogen) atoms. The predicted molar refractivity (Wildman–Crippen MR) is 70.3 cm³/mol. The van der Waals surface area contributed by atoms with Crippen molar-refractivity contribution >= 4 is 10.0 Å². The Bertz CT molecular complexity index is 298. The highest BCUT2D eigenvalue weighted by atomic mass is 32.2. The van der Waals surface area contributed by atoms with Gasteiger partial charge in [-0.1, -0.05) is 13.3 Å². The van der Waals surface area contributed by atoms with Crippen LogP contribution in [0.15, 0.2) is 0 Å². The highest BCUT2D eigenvalue weighted by Gasteiger charge is 2.22. The summed E-state index contributed by atoms with van der Waals surface area (Å²) in [5.41, 5.74) is 5.50. The second-order valence-electron chi connectivity index (χ2n) is 4.69. The van der Waals surface area contributed by atoms with Gasteiger partial charge in [-0.05, 0) is 32.4 Å². The third kappa shape index (κ3) is 5.81. The minimum absolute atomic E-state index is 0.117. The van der Waals surface area contributed by atoms with Gasteiger partial charge in [-0.25, -0.2) is 13.1 Å². The lowest BCUT2D eigenvalue weighted by molar-refractivity contribution is 0.212. The van der Waals surface area contributed by atoms with E-state index in [0.717, 1.165) is 45.3 Å². The third-order valence-corrected chi connectivity index (χ3v) is 4.66. The van der Waals surface area contributed by atoms with Crippen LogP contribution in [0, 0.1) is 0 Å². The molecule has 0 spiro atoms. The van der Waals surface area contributed by atoms with Crippen LogP contribution in [0.1, 0.15) is 32.6 Å². The minimum atomic E-state index is -3.07. The number of nitrogens with two attached hydrogens (primary N) is 1. The van der Waals surface area contributed by atoms with Gasteiger partial charge in [0.1, 0.15) is 0 Å². The van der Waals surface area contributed by atoms with Gasteiger partial charge in [-0.15, -0.1) is 0 Å². The number of rotatable bonds is 7. The van der Waals surface area contributed by atoms with E-state index in [1.165, 1.54) is 0 Å². The van der Waals surface area contributed by atoms with E-state index in [-0.39, 0.29) is 11.8 Å². The standard InChI is InChI=1S/C11H25N3O2S/c1-2-3-10-17(15,16)13-11-4-7-14(8-5-11)9-6-12/h11,13H,2-10,12H2,1H3. The molecule has 0 radical (unpaired) electrons. The van der Waals surface area contributed by atoms with Gasteiger partial charge in [-0.2, -0.15) is 0 Å². The molecule has 6 heteroatoms. The molecule has 1 aliphatic heterocycles. The van der Waals surface area contributed by atoms with Gasteiger partial charge in [0.2, 0.25) is 10.0 Å². The summed E-state index contributed by atoms with van der Waals surface area (Å²) < 4.78 is 26.2. The van der Waals surface area contributed by atoms with Crippen LogP contribution in [0.2, 0.25) is 0 Å². The Morgan fingerprint density at radius 1 is 1.35 bits per heavy atom. The number of nitrogens with zero attached hydrogens (tertiary/aromatic N) is 1. The molecule has 5 nitrogen and oxygen atoms in total. The molecule has 3 N–H and O–H groups in total. The zero-order valence-corrected chi connectivity index (χ0v) is 11.5. The minimum Gasteiger partial charge on any atom is -0.329 e. The molecule has 1 saturated heterocycles. The van der Waals surface area contributed by atoms with Gasteiger partial charge >= 0.3 is 0 Å². The number of unbranched alkanes of at least 4 members (excludes halogenated alkanes) is 1. The van der Waals surface area contributed by atoms with Crippen LogP contribution in [0.25, 0.3) is 0 Å². The lowest BCUT2D eigenvalue weighted by Gasteiger charge is -2.31. The SMILES string of the molecule is CCCCS(=O)(=O)NC1CCN(CCN)CC1. The average molecular weight is 263 g/mol. The van der Waals surface area contributed by atoms with Crippen molar-refractivity contribution in [2.75, 3.05) is 31.9 Å². The fourth-order valence-corrected chi connectivity index (χ4v) is 3.63. The number of hydrogen-bond donors (Lipinski definition) is 2. The Morgan fingerprint density at radius 2 is 2.00 bits per heavy atom. The first-order chi connectivity index (χ1) is 8.07.